The Morgan fingerprint density at radius 1 is 0.885 bits per heavy atom. The lowest BCUT2D eigenvalue weighted by Gasteiger charge is -2.38. The van der Waals surface area contributed by atoms with E-state index in [2.05, 4.69) is 6.92 Å². The van der Waals surface area contributed by atoms with E-state index in [0.29, 0.717) is 5.56 Å². The third kappa shape index (κ3) is 4.58. The predicted molar refractivity (Wildman–Crippen MR) is 102 cm³/mol. The molecule has 0 unspecified atom stereocenters. The quantitative estimate of drug-likeness (QED) is 0.524. The number of phenolic OH excluding ortho intramolecular Hbond substituents is 1. The molecule has 1 aromatic carbocycles. The van der Waals surface area contributed by atoms with Crippen LogP contribution in [0.1, 0.15) is 95.5 Å². The first-order valence-corrected chi connectivity index (χ1v) is 10.8. The van der Waals surface area contributed by atoms with Gasteiger partial charge in [0.2, 0.25) is 0 Å². The average molecular weight is 365 g/mol. The van der Waals surface area contributed by atoms with E-state index in [1.54, 1.807) is 0 Å². The minimum absolute atomic E-state index is 0.128. The van der Waals surface area contributed by atoms with Gasteiger partial charge in [0, 0.05) is 0 Å². The second-order valence-electron chi connectivity index (χ2n) is 8.69. The fourth-order valence-corrected chi connectivity index (χ4v) is 5.40. The summed E-state index contributed by atoms with van der Waals surface area (Å²) in [5.41, 5.74) is 0.502. The number of halogens is 2. The summed E-state index contributed by atoms with van der Waals surface area (Å²) in [6.07, 6.45) is 15.3. The first-order chi connectivity index (χ1) is 12.6. The first-order valence-electron chi connectivity index (χ1n) is 10.8. The molecule has 3 heteroatoms. The molecule has 26 heavy (non-hydrogen) atoms. The summed E-state index contributed by atoms with van der Waals surface area (Å²) in [5, 5.41) is 9.53. The Balaban J connectivity index is 1.47. The van der Waals surface area contributed by atoms with Crippen molar-refractivity contribution < 1.29 is 13.9 Å². The van der Waals surface area contributed by atoms with Crippen molar-refractivity contribution in [3.63, 3.8) is 0 Å². The van der Waals surface area contributed by atoms with Gasteiger partial charge in [0.05, 0.1) is 0 Å². The third-order valence-electron chi connectivity index (χ3n) is 7.08. The van der Waals surface area contributed by atoms with Gasteiger partial charge in [-0.05, 0) is 73.8 Å². The number of hydrogen-bond acceptors (Lipinski definition) is 1. The lowest BCUT2D eigenvalue weighted by molar-refractivity contribution is 0.155. The second kappa shape index (κ2) is 9.19. The van der Waals surface area contributed by atoms with Gasteiger partial charge in [-0.1, -0.05) is 51.5 Å². The minimum atomic E-state index is -0.865. The van der Waals surface area contributed by atoms with Crippen LogP contribution in [0.25, 0.3) is 0 Å². The summed E-state index contributed by atoms with van der Waals surface area (Å²) in [6.45, 7) is 2.27. The highest BCUT2D eigenvalue weighted by Gasteiger charge is 2.32. The maximum Gasteiger partial charge on any atom is 0.188 e. The smallest absolute Gasteiger partial charge is 0.188 e. The Kier molecular flexibility index (Phi) is 6.94. The third-order valence-corrected chi connectivity index (χ3v) is 7.08. The molecule has 146 valence electrons. The zero-order valence-electron chi connectivity index (χ0n) is 16.2. The molecule has 1 N–H and O–H groups in total. The van der Waals surface area contributed by atoms with Crippen LogP contribution in [0.5, 0.6) is 5.75 Å². The lowest BCUT2D eigenvalue weighted by Crippen LogP contribution is -2.25. The fourth-order valence-electron chi connectivity index (χ4n) is 5.40. The summed E-state index contributed by atoms with van der Waals surface area (Å²) in [4.78, 5) is 0. The number of unbranched alkanes of at least 4 members (excludes halogenated alkanes) is 2. The SMILES string of the molecule is CCCCCC1CCC(C2CCC(c3ccc(F)c(O)c3F)CC2)CC1. The van der Waals surface area contributed by atoms with Crippen molar-refractivity contribution in [2.45, 2.75) is 89.9 Å². The summed E-state index contributed by atoms with van der Waals surface area (Å²) >= 11 is 0. The molecule has 0 saturated heterocycles. The fraction of sp³-hybridized carbons (Fsp3) is 0.739. The molecule has 2 aliphatic rings. The summed E-state index contributed by atoms with van der Waals surface area (Å²) < 4.78 is 27.5. The van der Waals surface area contributed by atoms with Crippen LogP contribution in [0.4, 0.5) is 8.78 Å². The lowest BCUT2D eigenvalue weighted by atomic mass is 9.68. The van der Waals surface area contributed by atoms with Crippen molar-refractivity contribution >= 4 is 0 Å². The van der Waals surface area contributed by atoms with Gasteiger partial charge in [-0.2, -0.15) is 0 Å². The average Bonchev–Trinajstić information content (AvgIpc) is 2.67. The van der Waals surface area contributed by atoms with Crippen molar-refractivity contribution in [3.8, 4) is 5.75 Å². The van der Waals surface area contributed by atoms with E-state index >= 15 is 0 Å². The van der Waals surface area contributed by atoms with E-state index in [-0.39, 0.29) is 5.92 Å². The van der Waals surface area contributed by atoms with Crippen LogP contribution in [0.3, 0.4) is 0 Å². The largest absolute Gasteiger partial charge is 0.503 e. The molecule has 1 aromatic rings. The molecule has 0 spiro atoms. The molecule has 0 aromatic heterocycles. The van der Waals surface area contributed by atoms with E-state index in [1.165, 1.54) is 63.5 Å². The molecule has 0 aliphatic heterocycles. The van der Waals surface area contributed by atoms with Crippen LogP contribution in [0.15, 0.2) is 12.1 Å². The van der Waals surface area contributed by atoms with Crippen LogP contribution in [0.2, 0.25) is 0 Å². The van der Waals surface area contributed by atoms with Gasteiger partial charge >= 0.3 is 0 Å². The molecular weight excluding hydrogens is 330 g/mol. The Morgan fingerprint density at radius 2 is 1.50 bits per heavy atom. The van der Waals surface area contributed by atoms with Gasteiger partial charge < -0.3 is 5.11 Å². The molecule has 1 nitrogen and oxygen atoms in total. The van der Waals surface area contributed by atoms with E-state index in [4.69, 9.17) is 0 Å². The van der Waals surface area contributed by atoms with Crippen LogP contribution in [-0.4, -0.2) is 5.11 Å². The molecule has 0 bridgehead atoms. The molecule has 3 rings (SSSR count). The van der Waals surface area contributed by atoms with Gasteiger partial charge in [-0.3, -0.25) is 0 Å². The van der Waals surface area contributed by atoms with Crippen molar-refractivity contribution in [2.75, 3.05) is 0 Å². The summed E-state index contributed by atoms with van der Waals surface area (Å²) in [6, 6.07) is 2.72. The van der Waals surface area contributed by atoms with Crippen LogP contribution < -0.4 is 0 Å². The Labute approximate surface area is 157 Å². The Hall–Kier alpha value is -1.12. The maximum atomic E-state index is 14.2. The highest BCUT2D eigenvalue weighted by Crippen LogP contribution is 2.45. The molecule has 0 amide bonds. The van der Waals surface area contributed by atoms with Gasteiger partial charge in [-0.25, -0.2) is 8.78 Å². The Bertz CT molecular complexity index is 570. The van der Waals surface area contributed by atoms with Gasteiger partial charge in [0.15, 0.2) is 17.4 Å². The molecule has 0 radical (unpaired) electrons. The van der Waals surface area contributed by atoms with E-state index in [1.807, 2.05) is 0 Å². The van der Waals surface area contributed by atoms with Crippen molar-refractivity contribution in [2.24, 2.45) is 17.8 Å². The summed E-state index contributed by atoms with van der Waals surface area (Å²) in [7, 11) is 0. The number of rotatable bonds is 6. The molecular formula is C23H34F2O. The minimum Gasteiger partial charge on any atom is -0.503 e. The number of aromatic hydroxyl groups is 1. The molecule has 0 heterocycles. The highest BCUT2D eigenvalue weighted by atomic mass is 19.1. The van der Waals surface area contributed by atoms with Crippen LogP contribution in [-0.2, 0) is 0 Å². The second-order valence-corrected chi connectivity index (χ2v) is 8.69. The van der Waals surface area contributed by atoms with Crippen molar-refractivity contribution in [1.82, 2.24) is 0 Å². The molecule has 2 aliphatic carbocycles. The van der Waals surface area contributed by atoms with Crippen LogP contribution in [0, 0.1) is 29.4 Å². The monoisotopic (exact) mass is 364 g/mol. The zero-order valence-corrected chi connectivity index (χ0v) is 16.2. The maximum absolute atomic E-state index is 14.2. The normalized spacial score (nSPS) is 29.7. The molecule has 2 saturated carbocycles. The van der Waals surface area contributed by atoms with E-state index in [9.17, 15) is 13.9 Å². The number of benzene rings is 1. The van der Waals surface area contributed by atoms with E-state index in [0.717, 1.165) is 43.4 Å². The molecule has 2 fully saturated rings. The summed E-state index contributed by atoms with van der Waals surface area (Å²) in [5.74, 6) is 0.279. The predicted octanol–water partition coefficient (Wildman–Crippen LogP) is 7.33. The molecule has 0 atom stereocenters. The van der Waals surface area contributed by atoms with Gasteiger partial charge in [0.1, 0.15) is 0 Å². The van der Waals surface area contributed by atoms with Crippen molar-refractivity contribution in [1.29, 1.82) is 0 Å². The number of phenols is 1. The topological polar surface area (TPSA) is 20.2 Å². The van der Waals surface area contributed by atoms with Gasteiger partial charge in [-0.15, -0.1) is 0 Å². The number of hydrogen-bond donors (Lipinski definition) is 1. The highest BCUT2D eigenvalue weighted by molar-refractivity contribution is 5.34. The van der Waals surface area contributed by atoms with Crippen molar-refractivity contribution in [3.05, 3.63) is 29.3 Å². The Morgan fingerprint density at radius 3 is 2.12 bits per heavy atom. The zero-order chi connectivity index (χ0) is 18.5. The van der Waals surface area contributed by atoms with Crippen LogP contribution >= 0.6 is 0 Å². The first kappa shape index (κ1) is 19.6. The van der Waals surface area contributed by atoms with E-state index < -0.39 is 17.4 Å². The standard InChI is InChI=1S/C23H34F2O/c1-2-3-4-5-16-6-8-17(9-7-16)18-10-12-19(13-11-18)20-14-15-21(24)23(26)22(20)25/h14-19,26H,2-13H2,1H3. The van der Waals surface area contributed by atoms with Gasteiger partial charge in [0.25, 0.3) is 0 Å².